The van der Waals surface area contributed by atoms with Gasteiger partial charge in [-0.25, -0.2) is 9.97 Å². The molecular formula is C17H11Cl2F3N4. The van der Waals surface area contributed by atoms with E-state index in [9.17, 15) is 13.2 Å². The monoisotopic (exact) mass is 398 g/mol. The molecule has 0 bridgehead atoms. The highest BCUT2D eigenvalue weighted by Gasteiger charge is 2.33. The molecule has 9 heteroatoms. The normalized spacial score (nSPS) is 12.4. The molecule has 0 unspecified atom stereocenters. The van der Waals surface area contributed by atoms with Crippen LogP contribution in [-0.4, -0.2) is 19.1 Å². The number of rotatable bonds is 1. The second-order valence-corrected chi connectivity index (χ2v) is 6.75. The molecule has 3 heterocycles. The Morgan fingerprint density at radius 2 is 1.73 bits per heavy atom. The Bertz CT molecular complexity index is 1170. The van der Waals surface area contributed by atoms with Gasteiger partial charge in [0.1, 0.15) is 11.4 Å². The van der Waals surface area contributed by atoms with Crippen molar-refractivity contribution >= 4 is 45.1 Å². The Balaban J connectivity index is 2.00. The molecule has 0 aliphatic heterocycles. The SMILES string of the molecule is Cn1c(-c2c(Cl)c3ccc(Cl)cc3n2C)nc2cc(C(F)(F)F)ncc21. The van der Waals surface area contributed by atoms with Gasteiger partial charge in [0.15, 0.2) is 5.82 Å². The Kier molecular flexibility index (Phi) is 3.71. The van der Waals surface area contributed by atoms with Gasteiger partial charge in [-0.3, -0.25) is 0 Å². The smallest absolute Gasteiger partial charge is 0.340 e. The third kappa shape index (κ3) is 2.46. The number of fused-ring (bicyclic) bond motifs is 2. The summed E-state index contributed by atoms with van der Waals surface area (Å²) in [5.74, 6) is 0.445. The fourth-order valence-electron chi connectivity index (χ4n) is 3.07. The van der Waals surface area contributed by atoms with E-state index >= 15 is 0 Å². The number of imidazole rings is 1. The van der Waals surface area contributed by atoms with Crippen LogP contribution in [0.4, 0.5) is 13.2 Å². The first kappa shape index (κ1) is 17.2. The molecule has 0 amide bonds. The second-order valence-electron chi connectivity index (χ2n) is 5.93. The molecule has 0 aliphatic rings. The summed E-state index contributed by atoms with van der Waals surface area (Å²) in [6, 6.07) is 6.24. The van der Waals surface area contributed by atoms with Crippen LogP contribution in [0, 0.1) is 0 Å². The standard InChI is InChI=1S/C17H11Cl2F3N4/c1-25-11-5-8(18)3-4-9(11)14(19)15(25)16-24-10-6-13(17(20,21)22)23-7-12(10)26(16)2/h3-7H,1-2H3. The van der Waals surface area contributed by atoms with Crippen LogP contribution >= 0.6 is 23.2 Å². The lowest BCUT2D eigenvalue weighted by atomic mass is 10.2. The number of nitrogens with zero attached hydrogens (tertiary/aromatic N) is 4. The summed E-state index contributed by atoms with van der Waals surface area (Å²) in [6.07, 6.45) is -3.36. The number of benzene rings is 1. The largest absolute Gasteiger partial charge is 0.433 e. The van der Waals surface area contributed by atoms with Crippen molar-refractivity contribution in [2.45, 2.75) is 6.18 Å². The minimum atomic E-state index is -4.53. The van der Waals surface area contributed by atoms with Crippen LogP contribution < -0.4 is 0 Å². The molecule has 0 saturated carbocycles. The molecule has 3 aromatic heterocycles. The van der Waals surface area contributed by atoms with Crippen molar-refractivity contribution in [1.29, 1.82) is 0 Å². The zero-order chi connectivity index (χ0) is 18.8. The van der Waals surface area contributed by atoms with E-state index in [1.54, 1.807) is 36.9 Å². The summed E-state index contributed by atoms with van der Waals surface area (Å²) >= 11 is 12.6. The summed E-state index contributed by atoms with van der Waals surface area (Å²) in [4.78, 5) is 7.88. The summed E-state index contributed by atoms with van der Waals surface area (Å²) in [5, 5.41) is 1.81. The van der Waals surface area contributed by atoms with Crippen LogP contribution in [0.5, 0.6) is 0 Å². The van der Waals surface area contributed by atoms with Gasteiger partial charge in [0, 0.05) is 24.5 Å². The van der Waals surface area contributed by atoms with Crippen molar-refractivity contribution < 1.29 is 13.2 Å². The highest BCUT2D eigenvalue weighted by molar-refractivity contribution is 6.39. The van der Waals surface area contributed by atoms with Crippen LogP contribution in [0.25, 0.3) is 33.5 Å². The Morgan fingerprint density at radius 3 is 2.42 bits per heavy atom. The molecule has 0 radical (unpaired) electrons. The molecule has 0 fully saturated rings. The molecule has 4 rings (SSSR count). The summed E-state index contributed by atoms with van der Waals surface area (Å²) in [5.41, 5.74) is 1.09. The molecule has 134 valence electrons. The zero-order valence-corrected chi connectivity index (χ0v) is 15.1. The average Bonchev–Trinajstić information content (AvgIpc) is 3.01. The van der Waals surface area contributed by atoms with E-state index in [0.29, 0.717) is 27.1 Å². The molecule has 0 N–H and O–H groups in total. The lowest BCUT2D eigenvalue weighted by Gasteiger charge is -2.06. The van der Waals surface area contributed by atoms with E-state index in [4.69, 9.17) is 23.2 Å². The number of hydrogen-bond acceptors (Lipinski definition) is 2. The average molecular weight is 399 g/mol. The van der Waals surface area contributed by atoms with E-state index in [-0.39, 0.29) is 5.52 Å². The Morgan fingerprint density at radius 1 is 1.00 bits per heavy atom. The third-order valence-corrected chi connectivity index (χ3v) is 4.99. The van der Waals surface area contributed by atoms with Crippen LogP contribution in [0.2, 0.25) is 10.0 Å². The minimum absolute atomic E-state index is 0.198. The van der Waals surface area contributed by atoms with Crippen LogP contribution in [0.1, 0.15) is 5.69 Å². The lowest BCUT2D eigenvalue weighted by Crippen LogP contribution is -2.07. The zero-order valence-electron chi connectivity index (χ0n) is 13.6. The molecule has 4 aromatic rings. The minimum Gasteiger partial charge on any atom is -0.340 e. The van der Waals surface area contributed by atoms with Gasteiger partial charge >= 0.3 is 6.18 Å². The van der Waals surface area contributed by atoms with E-state index < -0.39 is 11.9 Å². The Labute approximate surface area is 155 Å². The highest BCUT2D eigenvalue weighted by atomic mass is 35.5. The van der Waals surface area contributed by atoms with E-state index in [1.165, 1.54) is 6.20 Å². The molecule has 0 spiro atoms. The molecule has 4 nitrogen and oxygen atoms in total. The van der Waals surface area contributed by atoms with Crippen LogP contribution in [0.15, 0.2) is 30.5 Å². The summed E-state index contributed by atoms with van der Waals surface area (Å²) < 4.78 is 42.2. The van der Waals surface area contributed by atoms with Crippen molar-refractivity contribution in [3.63, 3.8) is 0 Å². The molecule has 0 aliphatic carbocycles. The first-order chi connectivity index (χ1) is 12.2. The number of pyridine rings is 1. The van der Waals surface area contributed by atoms with Gasteiger partial charge in [0.25, 0.3) is 0 Å². The van der Waals surface area contributed by atoms with Crippen molar-refractivity contribution in [2.75, 3.05) is 0 Å². The summed E-state index contributed by atoms with van der Waals surface area (Å²) in [6.45, 7) is 0. The lowest BCUT2D eigenvalue weighted by molar-refractivity contribution is -0.141. The molecule has 26 heavy (non-hydrogen) atoms. The number of aromatic nitrogens is 4. The van der Waals surface area contributed by atoms with Crippen molar-refractivity contribution in [2.24, 2.45) is 14.1 Å². The third-order valence-electron chi connectivity index (χ3n) is 4.37. The van der Waals surface area contributed by atoms with Gasteiger partial charge in [0.2, 0.25) is 0 Å². The van der Waals surface area contributed by atoms with Gasteiger partial charge < -0.3 is 9.13 Å². The van der Waals surface area contributed by atoms with E-state index in [1.807, 2.05) is 4.57 Å². The number of halogens is 5. The number of alkyl halides is 3. The number of hydrogen-bond donors (Lipinski definition) is 0. The van der Waals surface area contributed by atoms with Crippen molar-refractivity contribution in [1.82, 2.24) is 19.1 Å². The van der Waals surface area contributed by atoms with Gasteiger partial charge in [-0.1, -0.05) is 23.2 Å². The molecule has 1 aromatic carbocycles. The Hall–Kier alpha value is -2.25. The topological polar surface area (TPSA) is 35.6 Å². The fraction of sp³-hybridized carbons (Fsp3) is 0.176. The molecule has 0 atom stereocenters. The van der Waals surface area contributed by atoms with Crippen molar-refractivity contribution in [3.05, 3.63) is 46.2 Å². The van der Waals surface area contributed by atoms with Gasteiger partial charge in [-0.05, 0) is 24.3 Å². The predicted molar refractivity (Wildman–Crippen MR) is 95.4 cm³/mol. The van der Waals surface area contributed by atoms with Crippen LogP contribution in [0.3, 0.4) is 0 Å². The first-order valence-electron chi connectivity index (χ1n) is 7.52. The maximum Gasteiger partial charge on any atom is 0.433 e. The van der Waals surface area contributed by atoms with Crippen LogP contribution in [-0.2, 0) is 20.3 Å². The molecule has 0 saturated heterocycles. The van der Waals surface area contributed by atoms with E-state index in [2.05, 4.69) is 9.97 Å². The number of aryl methyl sites for hydroxylation is 2. The van der Waals surface area contributed by atoms with Gasteiger partial charge in [-0.2, -0.15) is 13.2 Å². The van der Waals surface area contributed by atoms with Gasteiger partial charge in [0.05, 0.1) is 27.8 Å². The fourth-order valence-corrected chi connectivity index (χ4v) is 3.60. The maximum atomic E-state index is 12.9. The van der Waals surface area contributed by atoms with Crippen molar-refractivity contribution in [3.8, 4) is 11.5 Å². The quantitative estimate of drug-likeness (QED) is 0.427. The van der Waals surface area contributed by atoms with Gasteiger partial charge in [-0.15, -0.1) is 0 Å². The maximum absolute atomic E-state index is 12.9. The second kappa shape index (κ2) is 5.62. The van der Waals surface area contributed by atoms with E-state index in [0.717, 1.165) is 17.0 Å². The first-order valence-corrected chi connectivity index (χ1v) is 8.27. The molecular weight excluding hydrogens is 388 g/mol. The summed E-state index contributed by atoms with van der Waals surface area (Å²) in [7, 11) is 3.51. The highest BCUT2D eigenvalue weighted by Crippen LogP contribution is 2.38. The predicted octanol–water partition coefficient (Wildman–Crippen LogP) is 5.45.